The zero-order valence-electron chi connectivity index (χ0n) is 13.5. The average molecular weight is 329 g/mol. The summed E-state index contributed by atoms with van der Waals surface area (Å²) in [6.07, 6.45) is 0. The van der Waals surface area contributed by atoms with E-state index in [-0.39, 0.29) is 11.8 Å². The number of benzene rings is 2. The van der Waals surface area contributed by atoms with Gasteiger partial charge >= 0.3 is 0 Å². The van der Waals surface area contributed by atoms with Crippen LogP contribution in [0, 0.1) is 11.3 Å². The summed E-state index contributed by atoms with van der Waals surface area (Å²) in [5, 5.41) is 18.2. The van der Waals surface area contributed by atoms with Crippen LogP contribution in [0.4, 0.5) is 0 Å². The third-order valence-electron chi connectivity index (χ3n) is 4.28. The summed E-state index contributed by atoms with van der Waals surface area (Å²) >= 11 is 0. The van der Waals surface area contributed by atoms with Crippen LogP contribution in [0.3, 0.4) is 0 Å². The highest BCUT2D eigenvalue weighted by Crippen LogP contribution is 2.41. The van der Waals surface area contributed by atoms with Gasteiger partial charge in [-0.05, 0) is 24.6 Å². The lowest BCUT2D eigenvalue weighted by Crippen LogP contribution is -2.22. The summed E-state index contributed by atoms with van der Waals surface area (Å²) in [7, 11) is 0. The van der Waals surface area contributed by atoms with Gasteiger partial charge in [0, 0.05) is 0 Å². The van der Waals surface area contributed by atoms with E-state index in [0.29, 0.717) is 11.3 Å². The Kier molecular flexibility index (Phi) is 3.47. The second kappa shape index (κ2) is 5.80. The molecule has 1 aliphatic heterocycles. The van der Waals surface area contributed by atoms with Gasteiger partial charge in [0.05, 0.1) is 17.1 Å². The highest BCUT2D eigenvalue weighted by molar-refractivity contribution is 5.80. The summed E-state index contributed by atoms with van der Waals surface area (Å²) in [6, 6.07) is 19.6. The molecule has 0 spiro atoms. The number of nitriles is 1. The van der Waals surface area contributed by atoms with E-state index < -0.39 is 0 Å². The second-order valence-electron chi connectivity index (χ2n) is 5.77. The van der Waals surface area contributed by atoms with E-state index in [4.69, 9.17) is 10.5 Å². The largest absolute Gasteiger partial charge is 0.443 e. The molecule has 4 rings (SSSR count). The van der Waals surface area contributed by atoms with E-state index in [1.807, 2.05) is 61.5 Å². The van der Waals surface area contributed by atoms with Gasteiger partial charge in [0.2, 0.25) is 5.88 Å². The van der Waals surface area contributed by atoms with E-state index in [1.165, 1.54) is 0 Å². The zero-order valence-corrected chi connectivity index (χ0v) is 13.5. The summed E-state index contributed by atoms with van der Waals surface area (Å²) in [4.78, 5) is 0. The fraction of sp³-hybridized carbons (Fsp3) is 0.105. The highest BCUT2D eigenvalue weighted by Gasteiger charge is 2.33. The first-order valence-electron chi connectivity index (χ1n) is 7.85. The van der Waals surface area contributed by atoms with Crippen LogP contribution >= 0.6 is 0 Å². The first-order valence-corrected chi connectivity index (χ1v) is 7.85. The van der Waals surface area contributed by atoms with Gasteiger partial charge in [-0.3, -0.25) is 0 Å². The number of rotatable bonds is 2. The minimum absolute atomic E-state index is 0.127. The number of nitrogens with zero attached hydrogens (tertiary/aromatic N) is 4. The monoisotopic (exact) mass is 329 g/mol. The maximum Gasteiger partial charge on any atom is 0.205 e. The van der Waals surface area contributed by atoms with Gasteiger partial charge in [-0.15, -0.1) is 5.10 Å². The van der Waals surface area contributed by atoms with Crippen molar-refractivity contribution in [3.63, 3.8) is 0 Å². The zero-order chi connectivity index (χ0) is 17.4. The van der Waals surface area contributed by atoms with Crippen LogP contribution in [0.15, 0.2) is 71.8 Å². The normalized spacial score (nSPS) is 17.5. The predicted octanol–water partition coefficient (Wildman–Crippen LogP) is 3.13. The Labute approximate surface area is 144 Å². The number of ether oxygens (including phenoxy) is 1. The van der Waals surface area contributed by atoms with Crippen LogP contribution in [-0.2, 0) is 4.74 Å². The number of para-hydroxylation sites is 1. The summed E-state index contributed by atoms with van der Waals surface area (Å²) in [5.41, 5.74) is 9.66. The maximum atomic E-state index is 9.67. The SMILES string of the molecule is CC1=C(n2nnc3ccccc32)[C@@H](c2ccccc2)C(C#N)=C(N)O1. The second-order valence-corrected chi connectivity index (χ2v) is 5.77. The van der Waals surface area contributed by atoms with Crippen molar-refractivity contribution in [3.8, 4) is 6.07 Å². The molecule has 1 aliphatic rings. The average Bonchev–Trinajstić information content (AvgIpc) is 3.06. The molecule has 0 saturated carbocycles. The smallest absolute Gasteiger partial charge is 0.205 e. The number of allylic oxidation sites excluding steroid dienone is 3. The van der Waals surface area contributed by atoms with Crippen molar-refractivity contribution < 1.29 is 4.74 Å². The van der Waals surface area contributed by atoms with Crippen molar-refractivity contribution in [2.75, 3.05) is 0 Å². The molecule has 0 bridgehead atoms. The number of fused-ring (bicyclic) bond motifs is 1. The van der Waals surface area contributed by atoms with Crippen molar-refractivity contribution in [2.45, 2.75) is 12.8 Å². The fourth-order valence-corrected chi connectivity index (χ4v) is 3.16. The molecule has 0 fully saturated rings. The van der Waals surface area contributed by atoms with Gasteiger partial charge in [0.25, 0.3) is 0 Å². The van der Waals surface area contributed by atoms with Crippen LogP contribution in [0.25, 0.3) is 16.7 Å². The van der Waals surface area contributed by atoms with Crippen molar-refractivity contribution in [2.24, 2.45) is 5.73 Å². The molecule has 0 saturated heterocycles. The Hall–Kier alpha value is -3.59. The van der Waals surface area contributed by atoms with Gasteiger partial charge < -0.3 is 10.5 Å². The Bertz CT molecular complexity index is 1060. The minimum atomic E-state index is -0.370. The molecule has 0 unspecified atom stereocenters. The number of hydrogen-bond acceptors (Lipinski definition) is 5. The molecule has 2 N–H and O–H groups in total. The third kappa shape index (κ3) is 2.34. The molecule has 1 aromatic heterocycles. The maximum absolute atomic E-state index is 9.67. The molecule has 2 heterocycles. The van der Waals surface area contributed by atoms with Crippen LogP contribution in [0.1, 0.15) is 18.4 Å². The van der Waals surface area contributed by atoms with Crippen LogP contribution in [-0.4, -0.2) is 15.0 Å². The molecule has 122 valence electrons. The molecule has 6 heteroatoms. The van der Waals surface area contributed by atoms with Crippen LogP contribution in [0.2, 0.25) is 0 Å². The summed E-state index contributed by atoms with van der Waals surface area (Å²) < 4.78 is 7.38. The summed E-state index contributed by atoms with van der Waals surface area (Å²) in [5.74, 6) is 0.355. The molecular formula is C19H15N5O. The van der Waals surface area contributed by atoms with E-state index in [0.717, 1.165) is 22.3 Å². The van der Waals surface area contributed by atoms with Crippen molar-refractivity contribution >= 4 is 16.7 Å². The molecule has 6 nitrogen and oxygen atoms in total. The van der Waals surface area contributed by atoms with Gasteiger partial charge in [-0.1, -0.05) is 47.7 Å². The molecule has 0 aliphatic carbocycles. The predicted molar refractivity (Wildman–Crippen MR) is 93.5 cm³/mol. The van der Waals surface area contributed by atoms with E-state index >= 15 is 0 Å². The number of hydrogen-bond donors (Lipinski definition) is 1. The molecule has 3 aromatic rings. The molecule has 0 amide bonds. The topological polar surface area (TPSA) is 89.8 Å². The standard InChI is InChI=1S/C19H15N5O/c1-12-18(24-16-10-6-5-9-15(16)22-23-24)17(13-7-3-2-4-8-13)14(11-20)19(21)25-12/h2-10,17H,21H2,1H3/t17-/m0/s1. The Balaban J connectivity index is 1.98. The molecule has 0 radical (unpaired) electrons. The van der Waals surface area contributed by atoms with Gasteiger partial charge in [0.15, 0.2) is 0 Å². The van der Waals surface area contributed by atoms with E-state index in [1.54, 1.807) is 4.68 Å². The first kappa shape index (κ1) is 15.0. The number of aromatic nitrogens is 3. The Morgan fingerprint density at radius 1 is 1.12 bits per heavy atom. The van der Waals surface area contributed by atoms with Crippen molar-refractivity contribution in [1.29, 1.82) is 5.26 Å². The quantitative estimate of drug-likeness (QED) is 0.780. The minimum Gasteiger partial charge on any atom is -0.443 e. The Morgan fingerprint density at radius 3 is 2.60 bits per heavy atom. The lowest BCUT2D eigenvalue weighted by molar-refractivity contribution is 0.287. The molecule has 25 heavy (non-hydrogen) atoms. The van der Waals surface area contributed by atoms with Crippen molar-refractivity contribution in [1.82, 2.24) is 15.0 Å². The molecule has 2 aromatic carbocycles. The Morgan fingerprint density at radius 2 is 1.84 bits per heavy atom. The van der Waals surface area contributed by atoms with E-state index in [9.17, 15) is 5.26 Å². The summed E-state index contributed by atoms with van der Waals surface area (Å²) in [6.45, 7) is 1.82. The molecular weight excluding hydrogens is 314 g/mol. The fourth-order valence-electron chi connectivity index (χ4n) is 3.16. The molecule has 1 atom stereocenters. The lowest BCUT2D eigenvalue weighted by atomic mass is 9.87. The van der Waals surface area contributed by atoms with Gasteiger partial charge in [-0.25, -0.2) is 4.68 Å². The lowest BCUT2D eigenvalue weighted by Gasteiger charge is -2.27. The van der Waals surface area contributed by atoms with Crippen LogP contribution in [0.5, 0.6) is 0 Å². The van der Waals surface area contributed by atoms with Gasteiger partial charge in [-0.2, -0.15) is 5.26 Å². The number of nitrogens with two attached hydrogens (primary N) is 1. The van der Waals surface area contributed by atoms with Crippen LogP contribution < -0.4 is 5.73 Å². The van der Waals surface area contributed by atoms with Gasteiger partial charge in [0.1, 0.15) is 22.9 Å². The van der Waals surface area contributed by atoms with Crippen molar-refractivity contribution in [3.05, 3.63) is 77.4 Å². The highest BCUT2D eigenvalue weighted by atomic mass is 16.5. The third-order valence-corrected chi connectivity index (χ3v) is 4.28. The first-order chi connectivity index (χ1) is 12.2. The van der Waals surface area contributed by atoms with E-state index in [2.05, 4.69) is 16.4 Å².